The summed E-state index contributed by atoms with van der Waals surface area (Å²) >= 11 is 0. The lowest BCUT2D eigenvalue weighted by atomic mass is 9.92. The Bertz CT molecular complexity index is 1330. The lowest BCUT2D eigenvalue weighted by molar-refractivity contribution is 0.0842. The van der Waals surface area contributed by atoms with Gasteiger partial charge in [0.05, 0.1) is 12.3 Å². The molecule has 5 rings (SSSR count). The fraction of sp³-hybridized carbons (Fsp3) is 0.481. The number of pyridine rings is 1. The Morgan fingerprint density at radius 3 is 2.71 bits per heavy atom. The van der Waals surface area contributed by atoms with E-state index in [-0.39, 0.29) is 11.6 Å². The number of aromatic nitrogens is 5. The largest absolute Gasteiger partial charge is 0.467 e. The second-order valence-electron chi connectivity index (χ2n) is 9.81. The Hall–Kier alpha value is -3.26. The molecule has 8 nitrogen and oxygen atoms in total. The Balaban J connectivity index is 1.52. The molecule has 1 aliphatic rings. The lowest BCUT2D eigenvalue weighted by Crippen LogP contribution is -2.41. The van der Waals surface area contributed by atoms with Crippen molar-refractivity contribution >= 4 is 10.9 Å². The minimum atomic E-state index is -0.0217. The summed E-state index contributed by atoms with van der Waals surface area (Å²) in [6.07, 6.45) is 8.45. The molecular weight excluding hydrogens is 440 g/mol. The van der Waals surface area contributed by atoms with Crippen LogP contribution in [0.25, 0.3) is 10.9 Å². The first-order valence-corrected chi connectivity index (χ1v) is 12.7. The molecule has 1 saturated carbocycles. The van der Waals surface area contributed by atoms with Gasteiger partial charge in [0.25, 0.3) is 5.56 Å². The monoisotopic (exact) mass is 474 g/mol. The number of aromatic amines is 1. The van der Waals surface area contributed by atoms with E-state index in [9.17, 15) is 4.79 Å². The second-order valence-corrected chi connectivity index (χ2v) is 9.81. The Kier molecular flexibility index (Phi) is 6.81. The number of tetrazole rings is 1. The number of benzene rings is 1. The minimum Gasteiger partial charge on any atom is -0.467 e. The minimum absolute atomic E-state index is 0.00193. The van der Waals surface area contributed by atoms with E-state index < -0.39 is 0 Å². The molecule has 0 amide bonds. The van der Waals surface area contributed by atoms with Crippen LogP contribution in [-0.2, 0) is 13.1 Å². The molecule has 0 saturated heterocycles. The molecule has 184 valence electrons. The quantitative estimate of drug-likeness (QED) is 0.384. The smallest absolute Gasteiger partial charge is 0.252 e. The van der Waals surface area contributed by atoms with Crippen molar-refractivity contribution < 1.29 is 4.42 Å². The number of hydrogen-bond donors (Lipinski definition) is 1. The maximum atomic E-state index is 13.2. The zero-order valence-corrected chi connectivity index (χ0v) is 20.8. The van der Waals surface area contributed by atoms with Gasteiger partial charge in [-0.05, 0) is 90.4 Å². The molecule has 0 spiro atoms. The molecule has 0 bridgehead atoms. The van der Waals surface area contributed by atoms with Crippen LogP contribution in [0.3, 0.4) is 0 Å². The van der Waals surface area contributed by atoms with E-state index in [0.29, 0.717) is 19.1 Å². The third-order valence-electron chi connectivity index (χ3n) is 7.46. The van der Waals surface area contributed by atoms with E-state index in [1.165, 1.54) is 30.4 Å². The van der Waals surface area contributed by atoms with Gasteiger partial charge in [-0.1, -0.05) is 26.2 Å². The number of rotatable bonds is 8. The molecule has 3 heterocycles. The predicted octanol–water partition coefficient (Wildman–Crippen LogP) is 5.06. The summed E-state index contributed by atoms with van der Waals surface area (Å²) in [5.41, 5.74) is 4.06. The van der Waals surface area contributed by atoms with Crippen LogP contribution in [0, 0.1) is 13.8 Å². The number of furan rings is 1. The standard InChI is InChI=1S/C27H34N6O2/c1-4-25(26-29-30-31-33(26)17-23-11-8-12-35-23)32(22-9-6-5-7-10-22)16-21-15-20-13-18(2)19(3)14-24(20)28-27(21)34/h8,11-15,22,25H,4-7,9-10,16-17H2,1-3H3,(H,28,34)/t25-/m0/s1. The molecule has 1 atom stereocenters. The molecule has 1 aliphatic carbocycles. The molecule has 0 radical (unpaired) electrons. The summed E-state index contributed by atoms with van der Waals surface area (Å²) in [4.78, 5) is 18.8. The second kappa shape index (κ2) is 10.2. The van der Waals surface area contributed by atoms with Gasteiger partial charge in [-0.2, -0.15) is 0 Å². The highest BCUT2D eigenvalue weighted by Crippen LogP contribution is 2.33. The molecule has 8 heteroatoms. The van der Waals surface area contributed by atoms with E-state index in [4.69, 9.17) is 4.42 Å². The van der Waals surface area contributed by atoms with Crippen molar-refractivity contribution in [3.05, 3.63) is 75.2 Å². The van der Waals surface area contributed by atoms with Crippen LogP contribution in [-0.4, -0.2) is 36.1 Å². The first-order chi connectivity index (χ1) is 17.0. The highest BCUT2D eigenvalue weighted by molar-refractivity contribution is 5.80. The van der Waals surface area contributed by atoms with E-state index in [2.05, 4.69) is 64.4 Å². The molecule has 1 fully saturated rings. The molecule has 4 aromatic rings. The van der Waals surface area contributed by atoms with Gasteiger partial charge in [0.1, 0.15) is 12.3 Å². The summed E-state index contributed by atoms with van der Waals surface area (Å²) in [6.45, 7) is 7.40. The number of aryl methyl sites for hydroxylation is 2. The first-order valence-electron chi connectivity index (χ1n) is 12.7. The third kappa shape index (κ3) is 4.93. The molecule has 1 N–H and O–H groups in total. The molecule has 0 unspecified atom stereocenters. The Morgan fingerprint density at radius 1 is 1.17 bits per heavy atom. The van der Waals surface area contributed by atoms with Crippen LogP contribution in [0.1, 0.15) is 79.8 Å². The maximum Gasteiger partial charge on any atom is 0.252 e. The van der Waals surface area contributed by atoms with Crippen LogP contribution in [0.4, 0.5) is 0 Å². The van der Waals surface area contributed by atoms with Crippen molar-refractivity contribution in [1.29, 1.82) is 0 Å². The molecular formula is C27H34N6O2. The zero-order chi connectivity index (χ0) is 24.4. The van der Waals surface area contributed by atoms with Crippen LogP contribution in [0.5, 0.6) is 0 Å². The Morgan fingerprint density at radius 2 is 1.97 bits per heavy atom. The number of hydrogen-bond acceptors (Lipinski definition) is 6. The van der Waals surface area contributed by atoms with Gasteiger partial charge in [-0.25, -0.2) is 4.68 Å². The van der Waals surface area contributed by atoms with E-state index in [1.807, 2.05) is 16.8 Å². The van der Waals surface area contributed by atoms with Gasteiger partial charge in [0.15, 0.2) is 5.82 Å². The van der Waals surface area contributed by atoms with Crippen molar-refractivity contribution in [3.63, 3.8) is 0 Å². The molecule has 1 aromatic carbocycles. The predicted molar refractivity (Wildman–Crippen MR) is 135 cm³/mol. The van der Waals surface area contributed by atoms with Crippen molar-refractivity contribution in [2.45, 2.75) is 84.5 Å². The highest BCUT2D eigenvalue weighted by atomic mass is 16.3. The summed E-state index contributed by atoms with van der Waals surface area (Å²) in [5.74, 6) is 1.63. The summed E-state index contributed by atoms with van der Waals surface area (Å²) in [7, 11) is 0. The van der Waals surface area contributed by atoms with Crippen molar-refractivity contribution in [2.75, 3.05) is 0 Å². The van der Waals surface area contributed by atoms with Gasteiger partial charge in [0.2, 0.25) is 0 Å². The van der Waals surface area contributed by atoms with Crippen LogP contribution >= 0.6 is 0 Å². The van der Waals surface area contributed by atoms with Crippen molar-refractivity contribution in [1.82, 2.24) is 30.1 Å². The molecule has 0 aliphatic heterocycles. The van der Waals surface area contributed by atoms with Crippen molar-refractivity contribution in [2.24, 2.45) is 0 Å². The number of nitrogens with zero attached hydrogens (tertiary/aromatic N) is 5. The fourth-order valence-corrected chi connectivity index (χ4v) is 5.42. The van der Waals surface area contributed by atoms with Crippen LogP contribution in [0.2, 0.25) is 0 Å². The van der Waals surface area contributed by atoms with Gasteiger partial charge in [-0.3, -0.25) is 9.69 Å². The van der Waals surface area contributed by atoms with Gasteiger partial charge in [0, 0.05) is 23.7 Å². The normalized spacial score (nSPS) is 15.8. The number of fused-ring (bicyclic) bond motifs is 1. The van der Waals surface area contributed by atoms with Crippen molar-refractivity contribution in [3.8, 4) is 0 Å². The topological polar surface area (TPSA) is 92.8 Å². The summed E-state index contributed by atoms with van der Waals surface area (Å²) in [6, 6.07) is 10.5. The maximum absolute atomic E-state index is 13.2. The Labute approximate surface area is 205 Å². The number of H-pyrrole nitrogens is 1. The average Bonchev–Trinajstić information content (AvgIpc) is 3.54. The molecule has 3 aromatic heterocycles. The van der Waals surface area contributed by atoms with E-state index in [1.54, 1.807) is 6.26 Å². The summed E-state index contributed by atoms with van der Waals surface area (Å²) < 4.78 is 7.38. The van der Waals surface area contributed by atoms with Gasteiger partial charge >= 0.3 is 0 Å². The van der Waals surface area contributed by atoms with Crippen LogP contribution < -0.4 is 5.56 Å². The van der Waals surface area contributed by atoms with Gasteiger partial charge < -0.3 is 9.40 Å². The zero-order valence-electron chi connectivity index (χ0n) is 20.8. The molecule has 35 heavy (non-hydrogen) atoms. The average molecular weight is 475 g/mol. The highest BCUT2D eigenvalue weighted by Gasteiger charge is 2.32. The van der Waals surface area contributed by atoms with E-state index >= 15 is 0 Å². The SMILES string of the molecule is CC[C@@H](c1nnnn1Cc1ccco1)N(Cc1cc2cc(C)c(C)cc2[nH]c1=O)C1CCCCC1. The lowest BCUT2D eigenvalue weighted by Gasteiger charge is -2.39. The number of nitrogens with one attached hydrogen (secondary N) is 1. The van der Waals surface area contributed by atoms with Crippen LogP contribution in [0.15, 0.2) is 45.8 Å². The fourth-order valence-electron chi connectivity index (χ4n) is 5.42. The third-order valence-corrected chi connectivity index (χ3v) is 7.46. The first kappa shape index (κ1) is 23.5. The van der Waals surface area contributed by atoms with E-state index in [0.717, 1.165) is 47.3 Å². The van der Waals surface area contributed by atoms with Gasteiger partial charge in [-0.15, -0.1) is 5.10 Å². The summed E-state index contributed by atoms with van der Waals surface area (Å²) in [5, 5.41) is 13.8.